The molecule has 3 aromatic rings. The van der Waals surface area contributed by atoms with E-state index >= 15 is 0 Å². The van der Waals surface area contributed by atoms with Crippen molar-refractivity contribution >= 4 is 5.71 Å². The molecule has 170 valence electrons. The molecule has 0 heterocycles. The van der Waals surface area contributed by atoms with E-state index in [-0.39, 0.29) is 0 Å². The summed E-state index contributed by atoms with van der Waals surface area (Å²) in [5.74, 6) is 1.36. The number of hydrogen-bond donors (Lipinski definition) is 1. The first-order valence-corrected chi connectivity index (χ1v) is 11.9. The Morgan fingerprint density at radius 2 is 1.58 bits per heavy atom. The lowest BCUT2D eigenvalue weighted by Crippen LogP contribution is -2.01. The highest BCUT2D eigenvalue weighted by Gasteiger charge is 2.26. The minimum atomic E-state index is 0.304. The minimum Gasteiger partial charge on any atom is -0.513 e. The van der Waals surface area contributed by atoms with Crippen LogP contribution in [-0.4, -0.2) is 10.8 Å². The van der Waals surface area contributed by atoms with Crippen LogP contribution in [0.25, 0.3) is 11.1 Å². The lowest BCUT2D eigenvalue weighted by atomic mass is 9.96. The topological polar surface area (TPSA) is 41.8 Å². The molecule has 1 aliphatic rings. The summed E-state index contributed by atoms with van der Waals surface area (Å²) in [6.07, 6.45) is 5.58. The van der Waals surface area contributed by atoms with Crippen molar-refractivity contribution in [1.82, 2.24) is 0 Å². The number of oxime groups is 1. The van der Waals surface area contributed by atoms with Crippen LogP contribution in [0, 0.1) is 11.8 Å². The lowest BCUT2D eigenvalue weighted by molar-refractivity contribution is 0.130. The number of hydrogen-bond acceptors (Lipinski definition) is 3. The maximum atomic E-state index is 9.60. The van der Waals surface area contributed by atoms with E-state index in [1.807, 2.05) is 13.0 Å². The van der Waals surface area contributed by atoms with Gasteiger partial charge in [-0.15, -0.1) is 0 Å². The summed E-state index contributed by atoms with van der Waals surface area (Å²) in [4.78, 5) is 5.62. The second-order valence-electron chi connectivity index (χ2n) is 9.12. The van der Waals surface area contributed by atoms with Crippen molar-refractivity contribution in [2.75, 3.05) is 0 Å². The highest BCUT2D eigenvalue weighted by molar-refractivity contribution is 5.98. The van der Waals surface area contributed by atoms with Crippen molar-refractivity contribution < 1.29 is 9.94 Å². The van der Waals surface area contributed by atoms with Crippen molar-refractivity contribution in [3.05, 3.63) is 108 Å². The van der Waals surface area contributed by atoms with Gasteiger partial charge in [0, 0.05) is 5.92 Å². The molecule has 1 saturated carbocycles. The molecule has 1 fully saturated rings. The van der Waals surface area contributed by atoms with Gasteiger partial charge in [-0.05, 0) is 72.8 Å². The predicted octanol–water partition coefficient (Wildman–Crippen LogP) is 7.72. The second kappa shape index (κ2) is 11.0. The van der Waals surface area contributed by atoms with Crippen LogP contribution in [0.15, 0.2) is 96.4 Å². The van der Waals surface area contributed by atoms with Crippen molar-refractivity contribution in [3.63, 3.8) is 0 Å². The van der Waals surface area contributed by atoms with Gasteiger partial charge in [-0.25, -0.2) is 0 Å². The Morgan fingerprint density at radius 3 is 2.24 bits per heavy atom. The van der Waals surface area contributed by atoms with Crippen molar-refractivity contribution in [3.8, 4) is 11.1 Å². The fourth-order valence-corrected chi connectivity index (χ4v) is 4.60. The number of benzene rings is 3. The molecule has 4 rings (SSSR count). The third-order valence-corrected chi connectivity index (χ3v) is 6.72. The molecule has 3 heteroatoms. The first kappa shape index (κ1) is 22.8. The van der Waals surface area contributed by atoms with E-state index in [0.717, 1.165) is 36.1 Å². The van der Waals surface area contributed by atoms with E-state index in [2.05, 4.69) is 84.5 Å². The normalized spacial score (nSPS) is 18.3. The first-order chi connectivity index (χ1) is 16.1. The molecule has 2 atom stereocenters. The van der Waals surface area contributed by atoms with Crippen LogP contribution in [0.5, 0.6) is 0 Å². The predicted molar refractivity (Wildman–Crippen MR) is 136 cm³/mol. The maximum Gasteiger partial charge on any atom is 0.142 e. The first-order valence-electron chi connectivity index (χ1n) is 11.9. The number of aryl methyl sites for hydroxylation is 1. The number of aliphatic hydroxyl groups is 1. The van der Waals surface area contributed by atoms with Crippen LogP contribution in [0.3, 0.4) is 0 Å². The Balaban J connectivity index is 1.24. The largest absolute Gasteiger partial charge is 0.513 e. The Hall–Kier alpha value is -3.33. The third kappa shape index (κ3) is 6.35. The van der Waals surface area contributed by atoms with Crippen LogP contribution >= 0.6 is 0 Å². The van der Waals surface area contributed by atoms with Gasteiger partial charge in [-0.2, -0.15) is 0 Å². The molecule has 1 N–H and O–H groups in total. The molecule has 33 heavy (non-hydrogen) atoms. The highest BCUT2D eigenvalue weighted by Crippen LogP contribution is 2.36. The number of nitrogens with zero attached hydrogens (tertiary/aromatic N) is 1. The van der Waals surface area contributed by atoms with Gasteiger partial charge in [-0.1, -0.05) is 90.6 Å². The van der Waals surface area contributed by atoms with E-state index < -0.39 is 0 Å². The van der Waals surface area contributed by atoms with E-state index in [1.54, 1.807) is 0 Å². The summed E-state index contributed by atoms with van der Waals surface area (Å²) in [5, 5.41) is 13.9. The Labute approximate surface area is 197 Å². The summed E-state index contributed by atoms with van der Waals surface area (Å²) < 4.78 is 0. The van der Waals surface area contributed by atoms with E-state index in [9.17, 15) is 5.11 Å². The number of rotatable bonds is 9. The Kier molecular flexibility index (Phi) is 7.62. The van der Waals surface area contributed by atoms with E-state index in [1.165, 1.54) is 29.5 Å². The molecular weight excluding hydrogens is 406 g/mol. The average Bonchev–Trinajstić information content (AvgIpc) is 3.34. The van der Waals surface area contributed by atoms with Gasteiger partial charge >= 0.3 is 0 Å². The molecular formula is C30H33NO2. The molecule has 0 spiro atoms. The van der Waals surface area contributed by atoms with Crippen molar-refractivity contribution in [1.29, 1.82) is 0 Å². The molecule has 2 unspecified atom stereocenters. The number of allylic oxidation sites excluding steroid dienone is 1. The van der Waals surface area contributed by atoms with Crippen LogP contribution in [-0.2, 0) is 17.9 Å². The van der Waals surface area contributed by atoms with Gasteiger partial charge < -0.3 is 9.94 Å². The highest BCUT2D eigenvalue weighted by atomic mass is 16.6. The zero-order chi connectivity index (χ0) is 23.0. The molecule has 0 radical (unpaired) electrons. The summed E-state index contributed by atoms with van der Waals surface area (Å²) >= 11 is 0. The quantitative estimate of drug-likeness (QED) is 0.211. The molecule has 0 saturated heterocycles. The molecule has 0 amide bonds. The second-order valence-corrected chi connectivity index (χ2v) is 9.12. The van der Waals surface area contributed by atoms with Crippen LogP contribution in [0.4, 0.5) is 0 Å². The summed E-state index contributed by atoms with van der Waals surface area (Å²) in [6.45, 7) is 6.13. The maximum absolute atomic E-state index is 9.60. The summed E-state index contributed by atoms with van der Waals surface area (Å²) in [7, 11) is 0. The Morgan fingerprint density at radius 1 is 0.909 bits per heavy atom. The third-order valence-electron chi connectivity index (χ3n) is 6.72. The standard InChI is InChI=1S/C30H33NO2/c1-22(31-33-21-26-13-17-29(18-14-26)28-6-4-3-5-7-28)27-15-10-24(11-16-27)8-9-25-12-19-30(20-25)23(2)32/h3-7,10-11,13-18,25,30,32H,2,8-9,12,19-21H2,1H3/b31-22-. The zero-order valence-corrected chi connectivity index (χ0v) is 19.4. The average molecular weight is 440 g/mol. The van der Waals surface area contributed by atoms with Gasteiger partial charge in [0.2, 0.25) is 0 Å². The lowest BCUT2D eigenvalue weighted by Gasteiger charge is -2.11. The monoisotopic (exact) mass is 439 g/mol. The Bertz CT molecular complexity index is 1070. The number of aliphatic hydroxyl groups excluding tert-OH is 1. The fourth-order valence-electron chi connectivity index (χ4n) is 4.60. The summed E-state index contributed by atoms with van der Waals surface area (Å²) in [6, 6.07) is 27.4. The van der Waals surface area contributed by atoms with Crippen molar-refractivity contribution in [2.24, 2.45) is 17.0 Å². The molecule has 0 aliphatic heterocycles. The van der Waals surface area contributed by atoms with Crippen LogP contribution in [0.2, 0.25) is 0 Å². The fraction of sp³-hybridized carbons (Fsp3) is 0.300. The molecule has 0 bridgehead atoms. The molecule has 3 nitrogen and oxygen atoms in total. The van der Waals surface area contributed by atoms with E-state index in [0.29, 0.717) is 24.2 Å². The molecule has 3 aromatic carbocycles. The van der Waals surface area contributed by atoms with Crippen LogP contribution in [0.1, 0.15) is 49.3 Å². The van der Waals surface area contributed by atoms with Gasteiger partial charge in [0.05, 0.1) is 11.5 Å². The molecule has 1 aliphatic carbocycles. The molecule has 0 aromatic heterocycles. The van der Waals surface area contributed by atoms with Crippen LogP contribution < -0.4 is 0 Å². The smallest absolute Gasteiger partial charge is 0.142 e. The van der Waals surface area contributed by atoms with Gasteiger partial charge in [-0.3, -0.25) is 0 Å². The van der Waals surface area contributed by atoms with Crippen molar-refractivity contribution in [2.45, 2.75) is 45.6 Å². The minimum absolute atomic E-state index is 0.304. The summed E-state index contributed by atoms with van der Waals surface area (Å²) in [5.41, 5.74) is 6.81. The zero-order valence-electron chi connectivity index (χ0n) is 19.4. The van der Waals surface area contributed by atoms with Gasteiger partial charge in [0.15, 0.2) is 0 Å². The SMILES string of the molecule is C=C(O)C1CCC(CCc2ccc(/C(C)=N\OCc3ccc(-c4ccccc4)cc3)cc2)C1. The van der Waals surface area contributed by atoms with E-state index in [4.69, 9.17) is 4.84 Å². The van der Waals surface area contributed by atoms with Gasteiger partial charge in [0.25, 0.3) is 0 Å². The van der Waals surface area contributed by atoms with Gasteiger partial charge in [0.1, 0.15) is 6.61 Å².